The molecule has 0 amide bonds. The van der Waals surface area contributed by atoms with Gasteiger partial charge in [0.15, 0.2) is 15.6 Å². The van der Waals surface area contributed by atoms with E-state index >= 15 is 0 Å². The zero-order valence-electron chi connectivity index (χ0n) is 11.5. The average Bonchev–Trinajstić information content (AvgIpc) is 2.37. The van der Waals surface area contributed by atoms with Crippen molar-refractivity contribution in [3.05, 3.63) is 35.7 Å². The molecule has 1 aromatic heterocycles. The van der Waals surface area contributed by atoms with Gasteiger partial charge >= 0.3 is 0 Å². The third kappa shape index (κ3) is 3.19. The van der Waals surface area contributed by atoms with Gasteiger partial charge in [-0.15, -0.1) is 0 Å². The third-order valence-electron chi connectivity index (χ3n) is 2.85. The van der Waals surface area contributed by atoms with E-state index in [2.05, 4.69) is 9.97 Å². The number of hydrogen-bond donors (Lipinski definition) is 0. The van der Waals surface area contributed by atoms with Crippen LogP contribution in [0.1, 0.15) is 36.5 Å². The van der Waals surface area contributed by atoms with E-state index in [1.807, 2.05) is 0 Å². The van der Waals surface area contributed by atoms with Gasteiger partial charge in [0, 0.05) is 6.92 Å². The van der Waals surface area contributed by atoms with Gasteiger partial charge in [-0.1, -0.05) is 19.1 Å². The van der Waals surface area contributed by atoms with E-state index < -0.39 is 9.84 Å². The van der Waals surface area contributed by atoms with Crippen molar-refractivity contribution >= 4 is 26.7 Å². The van der Waals surface area contributed by atoms with E-state index in [1.165, 1.54) is 6.92 Å². The fourth-order valence-corrected chi connectivity index (χ4v) is 3.39. The van der Waals surface area contributed by atoms with Crippen LogP contribution in [0.3, 0.4) is 0 Å². The van der Waals surface area contributed by atoms with Crippen LogP contribution in [0.5, 0.6) is 0 Å². The fraction of sp³-hybridized carbons (Fsp3) is 0.357. The van der Waals surface area contributed by atoms with Crippen LogP contribution in [0.15, 0.2) is 24.3 Å². The number of benzene rings is 1. The molecular formula is C14H16N2O3S. The first-order valence-corrected chi connectivity index (χ1v) is 8.22. The molecule has 0 saturated carbocycles. The number of ketones is 1. The van der Waals surface area contributed by atoms with Crippen molar-refractivity contribution in [1.29, 1.82) is 0 Å². The highest BCUT2D eigenvalue weighted by Gasteiger charge is 2.19. The Morgan fingerprint density at radius 3 is 2.30 bits per heavy atom. The number of hydrogen-bond acceptors (Lipinski definition) is 5. The largest absolute Gasteiger partial charge is 0.293 e. The minimum absolute atomic E-state index is 0.0822. The van der Waals surface area contributed by atoms with Gasteiger partial charge in [0.1, 0.15) is 5.69 Å². The second-order valence-corrected chi connectivity index (χ2v) is 6.84. The van der Waals surface area contributed by atoms with E-state index in [4.69, 9.17) is 0 Å². The van der Waals surface area contributed by atoms with Gasteiger partial charge < -0.3 is 0 Å². The molecular weight excluding hydrogens is 276 g/mol. The standard InChI is InChI=1S/C14H16N2O3S/c1-3-8-20(18,19)9-13-14(10(2)17)16-12-7-5-4-6-11(12)15-13/h4-7H,3,8-9H2,1-2H3. The normalized spacial score (nSPS) is 11.7. The monoisotopic (exact) mass is 292 g/mol. The number of fused-ring (bicyclic) bond motifs is 1. The van der Waals surface area contributed by atoms with E-state index in [-0.39, 0.29) is 28.7 Å². The number of carbonyl (C=O) groups excluding carboxylic acids is 1. The van der Waals surface area contributed by atoms with Crippen LogP contribution in [0.4, 0.5) is 0 Å². The first-order valence-electron chi connectivity index (χ1n) is 6.40. The fourth-order valence-electron chi connectivity index (χ4n) is 2.01. The zero-order valence-corrected chi connectivity index (χ0v) is 12.3. The Kier molecular flexibility index (Phi) is 4.13. The summed E-state index contributed by atoms with van der Waals surface area (Å²) in [5.41, 5.74) is 1.57. The zero-order chi connectivity index (χ0) is 14.8. The van der Waals surface area contributed by atoms with E-state index in [1.54, 1.807) is 31.2 Å². The van der Waals surface area contributed by atoms with Crippen LogP contribution >= 0.6 is 0 Å². The average molecular weight is 292 g/mol. The van der Waals surface area contributed by atoms with Gasteiger partial charge in [0.05, 0.1) is 28.2 Å². The molecule has 106 valence electrons. The summed E-state index contributed by atoms with van der Waals surface area (Å²) >= 11 is 0. The van der Waals surface area contributed by atoms with Crippen molar-refractivity contribution in [1.82, 2.24) is 9.97 Å². The summed E-state index contributed by atoms with van der Waals surface area (Å²) < 4.78 is 23.9. The lowest BCUT2D eigenvalue weighted by Gasteiger charge is -2.08. The second-order valence-electron chi connectivity index (χ2n) is 4.66. The predicted octanol–water partition coefficient (Wildman–Crippen LogP) is 2.16. The Labute approximate surface area is 118 Å². The Bertz CT molecular complexity index is 754. The van der Waals surface area contributed by atoms with Crippen LogP contribution in [-0.4, -0.2) is 29.9 Å². The molecule has 0 saturated heterocycles. The van der Waals surface area contributed by atoms with Crippen molar-refractivity contribution < 1.29 is 13.2 Å². The number of para-hydroxylation sites is 2. The van der Waals surface area contributed by atoms with E-state index in [0.29, 0.717) is 17.5 Å². The Morgan fingerprint density at radius 2 is 1.75 bits per heavy atom. The van der Waals surface area contributed by atoms with Crippen molar-refractivity contribution in [3.8, 4) is 0 Å². The molecule has 0 aliphatic heterocycles. The molecule has 20 heavy (non-hydrogen) atoms. The number of aromatic nitrogens is 2. The van der Waals surface area contributed by atoms with Crippen molar-refractivity contribution in [2.45, 2.75) is 26.0 Å². The molecule has 0 aliphatic rings. The van der Waals surface area contributed by atoms with Gasteiger partial charge in [-0.2, -0.15) is 0 Å². The highest BCUT2D eigenvalue weighted by Crippen LogP contribution is 2.16. The molecule has 0 aliphatic carbocycles. The minimum Gasteiger partial charge on any atom is -0.293 e. The summed E-state index contributed by atoms with van der Waals surface area (Å²) in [6.07, 6.45) is 0.540. The first kappa shape index (κ1) is 14.6. The quantitative estimate of drug-likeness (QED) is 0.789. The summed E-state index contributed by atoms with van der Waals surface area (Å²) in [6.45, 7) is 3.17. The van der Waals surface area contributed by atoms with Crippen LogP contribution in [0, 0.1) is 0 Å². The van der Waals surface area contributed by atoms with Gasteiger partial charge in [-0.05, 0) is 18.6 Å². The Morgan fingerprint density at radius 1 is 1.15 bits per heavy atom. The lowest BCUT2D eigenvalue weighted by Crippen LogP contribution is -2.14. The minimum atomic E-state index is -3.26. The molecule has 6 heteroatoms. The van der Waals surface area contributed by atoms with E-state index in [9.17, 15) is 13.2 Å². The molecule has 2 aromatic rings. The Balaban J connectivity index is 2.55. The first-order chi connectivity index (χ1) is 9.43. The lowest BCUT2D eigenvalue weighted by atomic mass is 10.2. The van der Waals surface area contributed by atoms with Crippen LogP contribution in [0.25, 0.3) is 11.0 Å². The number of rotatable bonds is 5. The van der Waals surface area contributed by atoms with Crippen LogP contribution in [-0.2, 0) is 15.6 Å². The molecule has 0 N–H and O–H groups in total. The van der Waals surface area contributed by atoms with Gasteiger partial charge in [0.25, 0.3) is 0 Å². The third-order valence-corrected chi connectivity index (χ3v) is 4.59. The molecule has 0 fully saturated rings. The van der Waals surface area contributed by atoms with Crippen molar-refractivity contribution in [2.75, 3.05) is 5.75 Å². The molecule has 0 spiro atoms. The lowest BCUT2D eigenvalue weighted by molar-refractivity contribution is 0.101. The topological polar surface area (TPSA) is 77.0 Å². The molecule has 0 atom stereocenters. The van der Waals surface area contributed by atoms with Crippen LogP contribution < -0.4 is 0 Å². The van der Waals surface area contributed by atoms with Gasteiger partial charge in [-0.25, -0.2) is 18.4 Å². The molecule has 2 rings (SSSR count). The Hall–Kier alpha value is -1.82. The molecule has 1 aromatic carbocycles. The highest BCUT2D eigenvalue weighted by molar-refractivity contribution is 7.90. The molecule has 5 nitrogen and oxygen atoms in total. The number of carbonyl (C=O) groups is 1. The number of sulfone groups is 1. The van der Waals surface area contributed by atoms with Crippen molar-refractivity contribution in [3.63, 3.8) is 0 Å². The molecule has 0 radical (unpaired) electrons. The smallest absolute Gasteiger partial charge is 0.180 e. The summed E-state index contributed by atoms with van der Waals surface area (Å²) in [5.74, 6) is -0.433. The maximum Gasteiger partial charge on any atom is 0.180 e. The SMILES string of the molecule is CCCS(=O)(=O)Cc1nc2ccccc2nc1C(C)=O. The summed E-state index contributed by atoms with van der Waals surface area (Å²) in [4.78, 5) is 20.2. The van der Waals surface area contributed by atoms with Crippen LogP contribution in [0.2, 0.25) is 0 Å². The highest BCUT2D eigenvalue weighted by atomic mass is 32.2. The number of Topliss-reactive ketones (excluding diaryl/α,β-unsaturated/α-hetero) is 1. The van der Waals surface area contributed by atoms with Gasteiger partial charge in [0.2, 0.25) is 0 Å². The molecule has 0 bridgehead atoms. The van der Waals surface area contributed by atoms with Gasteiger partial charge in [-0.3, -0.25) is 4.79 Å². The molecule has 1 heterocycles. The summed E-state index contributed by atoms with van der Waals surface area (Å²) in [5, 5.41) is 0. The maximum absolute atomic E-state index is 11.9. The number of nitrogens with zero attached hydrogens (tertiary/aromatic N) is 2. The van der Waals surface area contributed by atoms with Crippen molar-refractivity contribution in [2.24, 2.45) is 0 Å². The predicted molar refractivity (Wildman–Crippen MR) is 77.3 cm³/mol. The molecule has 0 unspecified atom stereocenters. The van der Waals surface area contributed by atoms with E-state index in [0.717, 1.165) is 0 Å². The summed E-state index contributed by atoms with van der Waals surface area (Å²) in [6, 6.07) is 7.10. The summed E-state index contributed by atoms with van der Waals surface area (Å²) in [7, 11) is -3.26. The maximum atomic E-state index is 11.9. The second kappa shape index (κ2) is 5.66.